The van der Waals surface area contributed by atoms with Crippen LogP contribution in [0.5, 0.6) is 0 Å². The van der Waals surface area contributed by atoms with E-state index in [1.807, 2.05) is 42.5 Å². The molecule has 3 rings (SSSR count). The van der Waals surface area contributed by atoms with Crippen LogP contribution in [-0.4, -0.2) is 12.8 Å². The van der Waals surface area contributed by atoms with Crippen LogP contribution in [0.15, 0.2) is 77.9 Å². The highest BCUT2D eigenvalue weighted by atomic mass is 19.1. The van der Waals surface area contributed by atoms with Gasteiger partial charge in [-0.15, -0.1) is 0 Å². The fraction of sp³-hybridized carbons (Fsp3) is 0.136. The molecule has 0 aliphatic heterocycles. The number of hydrogen-bond acceptors (Lipinski definition) is 3. The molecule has 0 fully saturated rings. The summed E-state index contributed by atoms with van der Waals surface area (Å²) in [5.74, 6) is -1.30. The van der Waals surface area contributed by atoms with Gasteiger partial charge in [0.05, 0.1) is 11.9 Å². The molecular weight excluding hydrogens is 344 g/mol. The van der Waals surface area contributed by atoms with Crippen molar-refractivity contribution in [3.8, 4) is 0 Å². The van der Waals surface area contributed by atoms with E-state index in [0.29, 0.717) is 0 Å². The second-order valence-electron chi connectivity index (χ2n) is 6.09. The number of anilines is 2. The Morgan fingerprint density at radius 2 is 1.70 bits per heavy atom. The lowest BCUT2D eigenvalue weighted by atomic mass is 10.1. The monoisotopic (exact) mass is 365 g/mol. The molecule has 0 heterocycles. The van der Waals surface area contributed by atoms with Gasteiger partial charge in [-0.2, -0.15) is 5.10 Å². The van der Waals surface area contributed by atoms with Crippen molar-refractivity contribution in [3.05, 3.63) is 95.6 Å². The van der Waals surface area contributed by atoms with Crippen LogP contribution in [0.1, 0.15) is 18.1 Å². The van der Waals surface area contributed by atoms with Crippen LogP contribution in [0.2, 0.25) is 0 Å². The molecule has 138 valence electrons. The summed E-state index contributed by atoms with van der Waals surface area (Å²) in [6.07, 6.45) is 1.60. The maximum Gasteiger partial charge on any atom is 0.151 e. The predicted molar refractivity (Wildman–Crippen MR) is 107 cm³/mol. The zero-order valence-electron chi connectivity index (χ0n) is 15.1. The Balaban J connectivity index is 1.63. The van der Waals surface area contributed by atoms with Crippen LogP contribution in [0.4, 0.5) is 20.2 Å². The largest absolute Gasteiger partial charge is 0.367 e. The Hall–Kier alpha value is -3.21. The zero-order chi connectivity index (χ0) is 19.1. The summed E-state index contributed by atoms with van der Waals surface area (Å²) in [6, 6.07) is 21.6. The molecule has 0 atom stereocenters. The summed E-state index contributed by atoms with van der Waals surface area (Å²) in [5, 5.41) is 4.01. The quantitative estimate of drug-likeness (QED) is 0.446. The molecule has 3 aromatic rings. The Kier molecular flexibility index (Phi) is 6.15. The molecular formula is C22H21F2N3. The van der Waals surface area contributed by atoms with Crippen molar-refractivity contribution in [1.82, 2.24) is 0 Å². The van der Waals surface area contributed by atoms with Crippen molar-refractivity contribution in [2.24, 2.45) is 5.10 Å². The van der Waals surface area contributed by atoms with E-state index in [4.69, 9.17) is 0 Å². The number of nitrogens with one attached hydrogen (secondary N) is 1. The third-order valence-electron chi connectivity index (χ3n) is 4.19. The van der Waals surface area contributed by atoms with Crippen molar-refractivity contribution in [2.75, 3.05) is 16.9 Å². The third-order valence-corrected chi connectivity index (χ3v) is 4.19. The van der Waals surface area contributed by atoms with E-state index in [-0.39, 0.29) is 5.69 Å². The molecule has 0 unspecified atom stereocenters. The molecule has 0 aromatic heterocycles. The van der Waals surface area contributed by atoms with Gasteiger partial charge in [0.15, 0.2) is 5.82 Å². The molecule has 1 N–H and O–H groups in total. The average Bonchev–Trinajstić information content (AvgIpc) is 2.69. The van der Waals surface area contributed by atoms with Crippen molar-refractivity contribution in [1.29, 1.82) is 0 Å². The fourth-order valence-corrected chi connectivity index (χ4v) is 2.72. The van der Waals surface area contributed by atoms with Gasteiger partial charge in [-0.05, 0) is 42.3 Å². The van der Waals surface area contributed by atoms with Crippen molar-refractivity contribution < 1.29 is 8.78 Å². The minimum atomic E-state index is -0.679. The zero-order valence-corrected chi connectivity index (χ0v) is 15.1. The van der Waals surface area contributed by atoms with Gasteiger partial charge in [0.1, 0.15) is 5.82 Å². The van der Waals surface area contributed by atoms with Gasteiger partial charge in [-0.25, -0.2) is 8.78 Å². The molecule has 0 saturated heterocycles. The second kappa shape index (κ2) is 8.94. The van der Waals surface area contributed by atoms with E-state index in [2.05, 4.69) is 34.5 Å². The number of rotatable bonds is 7. The number of halogens is 2. The minimum Gasteiger partial charge on any atom is -0.367 e. The molecule has 0 aliphatic rings. The number of benzene rings is 3. The Labute approximate surface area is 158 Å². The first kappa shape index (κ1) is 18.6. The van der Waals surface area contributed by atoms with Gasteiger partial charge >= 0.3 is 0 Å². The highest BCUT2D eigenvalue weighted by molar-refractivity contribution is 5.81. The van der Waals surface area contributed by atoms with Crippen LogP contribution >= 0.6 is 0 Å². The van der Waals surface area contributed by atoms with Crippen LogP contribution in [0.25, 0.3) is 0 Å². The molecule has 0 bridgehead atoms. The maximum atomic E-state index is 13.6. The number of hydrazone groups is 1. The first-order valence-electron chi connectivity index (χ1n) is 8.79. The van der Waals surface area contributed by atoms with Gasteiger partial charge in [0.2, 0.25) is 0 Å². The maximum absolute atomic E-state index is 13.6. The van der Waals surface area contributed by atoms with E-state index in [0.717, 1.165) is 30.4 Å². The molecule has 0 radical (unpaired) electrons. The normalized spacial score (nSPS) is 10.9. The molecule has 0 saturated carbocycles. The summed E-state index contributed by atoms with van der Waals surface area (Å²) in [4.78, 5) is 2.28. The second-order valence-corrected chi connectivity index (χ2v) is 6.09. The van der Waals surface area contributed by atoms with Gasteiger partial charge < -0.3 is 4.90 Å². The van der Waals surface area contributed by atoms with Gasteiger partial charge in [-0.3, -0.25) is 5.43 Å². The molecule has 0 aliphatic carbocycles. The van der Waals surface area contributed by atoms with Gasteiger partial charge in [-0.1, -0.05) is 42.5 Å². The minimum absolute atomic E-state index is 0.129. The van der Waals surface area contributed by atoms with E-state index in [1.54, 1.807) is 6.21 Å². The van der Waals surface area contributed by atoms with E-state index < -0.39 is 11.6 Å². The molecule has 0 amide bonds. The number of nitrogens with zero attached hydrogens (tertiary/aromatic N) is 2. The van der Waals surface area contributed by atoms with E-state index >= 15 is 0 Å². The lowest BCUT2D eigenvalue weighted by molar-refractivity contribution is 0.585. The standard InChI is InChI=1S/C22H21F2N3/c1-2-27(16-18-6-4-3-5-7-18)20-11-8-17(9-12-20)15-25-26-22-13-10-19(23)14-21(22)24/h3-15,26H,2,16H2,1H3. The summed E-state index contributed by atoms with van der Waals surface area (Å²) in [5.41, 5.74) is 5.98. The number of hydrogen-bond donors (Lipinski definition) is 1. The van der Waals surface area contributed by atoms with Crippen LogP contribution in [-0.2, 0) is 6.54 Å². The van der Waals surface area contributed by atoms with Gasteiger partial charge in [0.25, 0.3) is 0 Å². The Bertz CT molecular complexity index is 893. The van der Waals surface area contributed by atoms with Crippen molar-refractivity contribution >= 4 is 17.6 Å². The summed E-state index contributed by atoms with van der Waals surface area (Å²) in [7, 11) is 0. The molecule has 3 aromatic carbocycles. The molecule has 0 spiro atoms. The van der Waals surface area contributed by atoms with Crippen LogP contribution < -0.4 is 10.3 Å². The van der Waals surface area contributed by atoms with Crippen molar-refractivity contribution in [3.63, 3.8) is 0 Å². The summed E-state index contributed by atoms with van der Waals surface area (Å²) >= 11 is 0. The van der Waals surface area contributed by atoms with Crippen molar-refractivity contribution in [2.45, 2.75) is 13.5 Å². The Morgan fingerprint density at radius 3 is 2.37 bits per heavy atom. The van der Waals surface area contributed by atoms with Crippen LogP contribution in [0.3, 0.4) is 0 Å². The smallest absolute Gasteiger partial charge is 0.151 e. The third kappa shape index (κ3) is 5.14. The van der Waals surface area contributed by atoms with Gasteiger partial charge in [0, 0.05) is 24.8 Å². The first-order chi connectivity index (χ1) is 13.2. The summed E-state index contributed by atoms with van der Waals surface area (Å²) < 4.78 is 26.4. The molecule has 27 heavy (non-hydrogen) atoms. The average molecular weight is 365 g/mol. The topological polar surface area (TPSA) is 27.6 Å². The highest BCUT2D eigenvalue weighted by Crippen LogP contribution is 2.18. The highest BCUT2D eigenvalue weighted by Gasteiger charge is 2.05. The predicted octanol–water partition coefficient (Wildman–Crippen LogP) is 5.44. The molecule has 5 heteroatoms. The lowest BCUT2D eigenvalue weighted by Crippen LogP contribution is -2.21. The lowest BCUT2D eigenvalue weighted by Gasteiger charge is -2.23. The SMILES string of the molecule is CCN(Cc1ccccc1)c1ccc(C=NNc2ccc(F)cc2F)cc1. The summed E-state index contributed by atoms with van der Waals surface area (Å²) in [6.45, 7) is 3.86. The molecule has 3 nitrogen and oxygen atoms in total. The fourth-order valence-electron chi connectivity index (χ4n) is 2.72. The van der Waals surface area contributed by atoms with E-state index in [9.17, 15) is 8.78 Å². The van der Waals surface area contributed by atoms with E-state index in [1.165, 1.54) is 17.7 Å². The Morgan fingerprint density at radius 1 is 0.963 bits per heavy atom. The first-order valence-corrected chi connectivity index (χ1v) is 8.79. The van der Waals surface area contributed by atoms with Crippen LogP contribution in [0, 0.1) is 11.6 Å².